The minimum Gasteiger partial charge on any atom is -0.348 e. The van der Waals surface area contributed by atoms with Crippen molar-refractivity contribution in [1.29, 1.82) is 0 Å². The second kappa shape index (κ2) is 12.0. The molecular weight excluding hydrogens is 486 g/mol. The van der Waals surface area contributed by atoms with E-state index in [4.69, 9.17) is 0 Å². The molecule has 3 fully saturated rings. The molecule has 0 radical (unpaired) electrons. The van der Waals surface area contributed by atoms with E-state index in [-0.39, 0.29) is 5.91 Å². The average molecular weight is 530 g/mol. The zero-order chi connectivity index (χ0) is 26.5. The Bertz CT molecular complexity index is 1120. The van der Waals surface area contributed by atoms with Crippen LogP contribution in [0.25, 0.3) is 0 Å². The number of rotatable bonds is 9. The number of carbonyl (C=O) groups is 1. The van der Waals surface area contributed by atoms with Crippen molar-refractivity contribution in [2.45, 2.75) is 83.5 Å². The summed E-state index contributed by atoms with van der Waals surface area (Å²) in [6.45, 7) is 6.54. The number of hydrogen-bond acceptors (Lipinski definition) is 5. The van der Waals surface area contributed by atoms with E-state index in [1.54, 1.807) is 12.4 Å². The van der Waals surface area contributed by atoms with Gasteiger partial charge in [-0.05, 0) is 61.7 Å². The van der Waals surface area contributed by atoms with E-state index in [1.807, 2.05) is 12.4 Å². The molecule has 0 unspecified atom stereocenters. The van der Waals surface area contributed by atoms with Crippen LogP contribution in [0.4, 0.5) is 0 Å². The number of imidazole rings is 2. The number of nitrogens with one attached hydrogen (secondary N) is 2. The maximum absolute atomic E-state index is 13.3. The average Bonchev–Trinajstić information content (AvgIpc) is 3.75. The van der Waals surface area contributed by atoms with Gasteiger partial charge >= 0.3 is 0 Å². The fourth-order valence-corrected chi connectivity index (χ4v) is 7.03. The molecule has 1 aliphatic carbocycles. The van der Waals surface area contributed by atoms with Crippen LogP contribution in [-0.4, -0.2) is 72.8 Å². The van der Waals surface area contributed by atoms with Gasteiger partial charge in [-0.3, -0.25) is 9.69 Å². The first kappa shape index (κ1) is 26.3. The van der Waals surface area contributed by atoms with Crippen molar-refractivity contribution >= 4 is 5.91 Å². The maximum Gasteiger partial charge on any atom is 0.227 e. The van der Waals surface area contributed by atoms with Crippen molar-refractivity contribution in [1.82, 2.24) is 34.6 Å². The number of piperidine rings is 1. The van der Waals surface area contributed by atoms with Gasteiger partial charge in [-0.2, -0.15) is 0 Å². The van der Waals surface area contributed by atoms with E-state index in [2.05, 4.69) is 58.9 Å². The lowest BCUT2D eigenvalue weighted by Gasteiger charge is -2.43. The second-order valence-corrected chi connectivity index (χ2v) is 12.1. The van der Waals surface area contributed by atoms with E-state index in [1.165, 1.54) is 70.0 Å². The van der Waals surface area contributed by atoms with Crippen molar-refractivity contribution in [3.05, 3.63) is 71.8 Å². The molecule has 4 heterocycles. The van der Waals surface area contributed by atoms with E-state index < -0.39 is 0 Å². The molecule has 1 saturated carbocycles. The van der Waals surface area contributed by atoms with Crippen LogP contribution >= 0.6 is 0 Å². The lowest BCUT2D eigenvalue weighted by atomic mass is 9.77. The molecule has 2 N–H and O–H groups in total. The number of benzene rings is 1. The van der Waals surface area contributed by atoms with Crippen LogP contribution in [0.1, 0.15) is 74.1 Å². The Morgan fingerprint density at radius 3 is 2.08 bits per heavy atom. The topological polar surface area (TPSA) is 84.1 Å². The van der Waals surface area contributed by atoms with Gasteiger partial charge in [-0.25, -0.2) is 9.97 Å². The number of aromatic nitrogens is 4. The van der Waals surface area contributed by atoms with E-state index in [9.17, 15) is 4.79 Å². The molecule has 8 heteroatoms. The number of likely N-dealkylation sites (tertiary alicyclic amines) is 2. The Morgan fingerprint density at radius 2 is 1.46 bits per heavy atom. The summed E-state index contributed by atoms with van der Waals surface area (Å²) in [7, 11) is 0. The van der Waals surface area contributed by atoms with Crippen LogP contribution in [0.15, 0.2) is 49.1 Å². The van der Waals surface area contributed by atoms with Gasteiger partial charge in [0.15, 0.2) is 0 Å². The highest BCUT2D eigenvalue weighted by molar-refractivity contribution is 5.79. The molecule has 1 aromatic carbocycles. The lowest BCUT2D eigenvalue weighted by Crippen LogP contribution is -2.47. The fourth-order valence-electron chi connectivity index (χ4n) is 7.03. The van der Waals surface area contributed by atoms with Crippen molar-refractivity contribution in [3.63, 3.8) is 0 Å². The van der Waals surface area contributed by atoms with Gasteiger partial charge in [0.05, 0.1) is 19.5 Å². The first-order valence-electron chi connectivity index (χ1n) is 14.9. The number of carbonyl (C=O) groups excluding carboxylic acids is 1. The molecule has 8 nitrogen and oxygen atoms in total. The van der Waals surface area contributed by atoms with Gasteiger partial charge in [-0.15, -0.1) is 0 Å². The number of nitrogens with zero attached hydrogens (tertiary/aromatic N) is 5. The summed E-state index contributed by atoms with van der Waals surface area (Å²) < 4.78 is 0. The normalized spacial score (nSPS) is 20.3. The number of hydrogen-bond donors (Lipinski definition) is 2. The highest BCUT2D eigenvalue weighted by Crippen LogP contribution is 2.41. The van der Waals surface area contributed by atoms with Gasteiger partial charge in [0.2, 0.25) is 5.91 Å². The largest absolute Gasteiger partial charge is 0.348 e. The van der Waals surface area contributed by atoms with Gasteiger partial charge in [0.25, 0.3) is 0 Å². The molecule has 1 spiro atoms. The standard InChI is InChI=1S/C31H43N7O/c39-30(38-19-12-31(24-38)10-17-37(18-11-31)27-4-2-1-3-5-27)20-25-6-8-26(9-7-25)21-36(22-28-32-13-14-33-28)23-29-34-15-16-35-29/h6-9,13-16,27H,1-5,10-12,17-24H2,(H,32,33)(H,34,35). The molecule has 0 bridgehead atoms. The van der Waals surface area contributed by atoms with Crippen LogP contribution in [0.2, 0.25) is 0 Å². The summed E-state index contributed by atoms with van der Waals surface area (Å²) in [5.74, 6) is 2.16. The Morgan fingerprint density at radius 1 is 0.846 bits per heavy atom. The quantitative estimate of drug-likeness (QED) is 0.426. The summed E-state index contributed by atoms with van der Waals surface area (Å²) in [6, 6.07) is 9.39. The molecule has 6 rings (SSSR count). The Hall–Kier alpha value is -2.97. The Balaban J connectivity index is 1.00. The monoisotopic (exact) mass is 529 g/mol. The van der Waals surface area contributed by atoms with Crippen molar-refractivity contribution in [3.8, 4) is 0 Å². The molecule has 2 saturated heterocycles. The van der Waals surface area contributed by atoms with Crippen LogP contribution in [0.5, 0.6) is 0 Å². The second-order valence-electron chi connectivity index (χ2n) is 12.1. The molecule has 0 atom stereocenters. The van der Waals surface area contributed by atoms with Crippen LogP contribution in [-0.2, 0) is 30.8 Å². The zero-order valence-electron chi connectivity index (χ0n) is 23.2. The SMILES string of the molecule is O=C(Cc1ccc(CN(Cc2ncc[nH]2)Cc2ncc[nH]2)cc1)N1CCC2(CCN(C3CCCCC3)CC2)C1. The predicted molar refractivity (Wildman–Crippen MR) is 152 cm³/mol. The summed E-state index contributed by atoms with van der Waals surface area (Å²) >= 11 is 0. The van der Waals surface area contributed by atoms with Gasteiger partial charge in [0.1, 0.15) is 11.6 Å². The van der Waals surface area contributed by atoms with Crippen molar-refractivity contribution in [2.24, 2.45) is 5.41 Å². The number of aromatic amines is 2. The van der Waals surface area contributed by atoms with Crippen LogP contribution in [0, 0.1) is 5.41 Å². The Kier molecular flexibility index (Phi) is 8.11. The smallest absolute Gasteiger partial charge is 0.227 e. The molecule has 3 aliphatic rings. The lowest BCUT2D eigenvalue weighted by molar-refractivity contribution is -0.130. The minimum absolute atomic E-state index is 0.284. The van der Waals surface area contributed by atoms with Gasteiger partial charge < -0.3 is 19.8 Å². The molecule has 2 aliphatic heterocycles. The van der Waals surface area contributed by atoms with Crippen molar-refractivity contribution in [2.75, 3.05) is 26.2 Å². The molecule has 2 aromatic heterocycles. The zero-order valence-corrected chi connectivity index (χ0v) is 23.2. The van der Waals surface area contributed by atoms with Gasteiger partial charge in [-0.1, -0.05) is 43.5 Å². The van der Waals surface area contributed by atoms with E-state index >= 15 is 0 Å². The van der Waals surface area contributed by atoms with Gasteiger partial charge in [0, 0.05) is 50.5 Å². The first-order valence-corrected chi connectivity index (χ1v) is 14.9. The predicted octanol–water partition coefficient (Wildman–Crippen LogP) is 4.52. The third-order valence-corrected chi connectivity index (χ3v) is 9.38. The third kappa shape index (κ3) is 6.61. The Labute approximate surface area is 232 Å². The fraction of sp³-hybridized carbons (Fsp3) is 0.581. The highest BCUT2D eigenvalue weighted by atomic mass is 16.2. The summed E-state index contributed by atoms with van der Waals surface area (Å²) in [5, 5.41) is 0. The number of H-pyrrole nitrogens is 2. The number of amides is 1. The summed E-state index contributed by atoms with van der Waals surface area (Å²) in [4.78, 5) is 35.7. The van der Waals surface area contributed by atoms with Crippen LogP contribution in [0.3, 0.4) is 0 Å². The molecule has 208 valence electrons. The molecule has 39 heavy (non-hydrogen) atoms. The third-order valence-electron chi connectivity index (χ3n) is 9.38. The highest BCUT2D eigenvalue weighted by Gasteiger charge is 2.42. The van der Waals surface area contributed by atoms with Crippen molar-refractivity contribution < 1.29 is 4.79 Å². The summed E-state index contributed by atoms with van der Waals surface area (Å²) in [5.41, 5.74) is 2.67. The minimum atomic E-state index is 0.284. The van der Waals surface area contributed by atoms with E-state index in [0.29, 0.717) is 24.9 Å². The van der Waals surface area contributed by atoms with Crippen LogP contribution < -0.4 is 0 Å². The maximum atomic E-state index is 13.3. The molecular formula is C31H43N7O. The molecule has 1 amide bonds. The first-order chi connectivity index (χ1) is 19.1. The van der Waals surface area contributed by atoms with E-state index in [0.717, 1.165) is 42.9 Å². The molecule has 3 aromatic rings. The summed E-state index contributed by atoms with van der Waals surface area (Å²) in [6.07, 6.45) is 18.5.